The van der Waals surface area contributed by atoms with Crippen LogP contribution < -0.4 is 5.32 Å². The largest absolute Gasteiger partial charge is 0.316 e. The molecule has 0 radical (unpaired) electrons. The van der Waals surface area contributed by atoms with E-state index in [4.69, 9.17) is 0 Å². The van der Waals surface area contributed by atoms with Gasteiger partial charge in [-0.3, -0.25) is 0 Å². The van der Waals surface area contributed by atoms with Gasteiger partial charge >= 0.3 is 0 Å². The Morgan fingerprint density at radius 2 is 2.08 bits per heavy atom. The molecule has 0 aromatic carbocycles. The average Bonchev–Trinajstić information content (AvgIpc) is 2.02. The van der Waals surface area contributed by atoms with Crippen molar-refractivity contribution in [2.24, 2.45) is 11.8 Å². The van der Waals surface area contributed by atoms with Gasteiger partial charge in [0.1, 0.15) is 0 Å². The first-order valence-electron chi connectivity index (χ1n) is 5.57. The lowest BCUT2D eigenvalue weighted by Gasteiger charge is -2.30. The highest BCUT2D eigenvalue weighted by Crippen LogP contribution is 2.23. The van der Waals surface area contributed by atoms with Crippen molar-refractivity contribution in [1.29, 1.82) is 0 Å². The third-order valence-electron chi connectivity index (χ3n) is 3.08. The molecule has 12 heavy (non-hydrogen) atoms. The second-order valence-corrected chi connectivity index (χ2v) is 4.18. The first-order chi connectivity index (χ1) is 5.86. The fourth-order valence-corrected chi connectivity index (χ4v) is 1.97. The predicted octanol–water partition coefficient (Wildman–Crippen LogP) is 2.81. The summed E-state index contributed by atoms with van der Waals surface area (Å²) in [6.07, 6.45) is 7.11. The van der Waals surface area contributed by atoms with Crippen molar-refractivity contribution >= 4 is 0 Å². The molecular formula is C11H23N. The zero-order chi connectivity index (χ0) is 8.81. The molecule has 0 bridgehead atoms. The van der Waals surface area contributed by atoms with Gasteiger partial charge in [0, 0.05) is 0 Å². The van der Waals surface area contributed by atoms with E-state index >= 15 is 0 Å². The van der Waals surface area contributed by atoms with Crippen LogP contribution in [0.2, 0.25) is 0 Å². The maximum absolute atomic E-state index is 3.35. The molecule has 1 N–H and O–H groups in total. The molecular weight excluding hydrogens is 146 g/mol. The van der Waals surface area contributed by atoms with Crippen LogP contribution in [0.15, 0.2) is 0 Å². The van der Waals surface area contributed by atoms with Gasteiger partial charge in [-0.05, 0) is 31.3 Å². The monoisotopic (exact) mass is 169 g/mol. The predicted molar refractivity (Wildman–Crippen MR) is 54.3 cm³/mol. The van der Waals surface area contributed by atoms with Gasteiger partial charge in [0.05, 0.1) is 0 Å². The number of rotatable bonds is 6. The molecule has 0 aromatic heterocycles. The zero-order valence-corrected chi connectivity index (χ0v) is 8.60. The van der Waals surface area contributed by atoms with E-state index in [0.717, 1.165) is 11.8 Å². The summed E-state index contributed by atoms with van der Waals surface area (Å²) in [7, 11) is 0. The molecule has 1 heterocycles. The quantitative estimate of drug-likeness (QED) is 0.644. The minimum Gasteiger partial charge on any atom is -0.316 e. The van der Waals surface area contributed by atoms with Gasteiger partial charge in [0.25, 0.3) is 0 Å². The summed E-state index contributed by atoms with van der Waals surface area (Å²) in [6, 6.07) is 0. The molecule has 1 unspecified atom stereocenters. The topological polar surface area (TPSA) is 12.0 Å². The van der Waals surface area contributed by atoms with Crippen LogP contribution in [-0.4, -0.2) is 13.1 Å². The van der Waals surface area contributed by atoms with Crippen LogP contribution in [0.1, 0.15) is 46.0 Å². The molecule has 1 atom stereocenters. The van der Waals surface area contributed by atoms with E-state index < -0.39 is 0 Å². The van der Waals surface area contributed by atoms with E-state index in [-0.39, 0.29) is 0 Å². The van der Waals surface area contributed by atoms with Gasteiger partial charge in [0.2, 0.25) is 0 Å². The summed E-state index contributed by atoms with van der Waals surface area (Å²) in [5, 5.41) is 3.35. The smallest absolute Gasteiger partial charge is 0.000815 e. The first-order valence-corrected chi connectivity index (χ1v) is 5.57. The van der Waals surface area contributed by atoms with Gasteiger partial charge in [-0.15, -0.1) is 0 Å². The minimum absolute atomic E-state index is 1.01. The first kappa shape index (κ1) is 10.0. The molecule has 72 valence electrons. The van der Waals surface area contributed by atoms with Gasteiger partial charge in [-0.25, -0.2) is 0 Å². The molecule has 0 saturated carbocycles. The Balaban J connectivity index is 2.06. The van der Waals surface area contributed by atoms with E-state index in [2.05, 4.69) is 19.2 Å². The van der Waals surface area contributed by atoms with Crippen molar-refractivity contribution in [2.75, 3.05) is 13.1 Å². The van der Waals surface area contributed by atoms with Crippen molar-refractivity contribution in [3.05, 3.63) is 0 Å². The third-order valence-corrected chi connectivity index (χ3v) is 3.08. The molecule has 1 aliphatic rings. The minimum atomic E-state index is 1.01. The normalized spacial score (nSPS) is 20.5. The second-order valence-electron chi connectivity index (χ2n) is 4.18. The summed E-state index contributed by atoms with van der Waals surface area (Å²) in [5.41, 5.74) is 0. The van der Waals surface area contributed by atoms with Crippen molar-refractivity contribution in [3.63, 3.8) is 0 Å². The average molecular weight is 169 g/mol. The number of hydrogen-bond donors (Lipinski definition) is 1. The van der Waals surface area contributed by atoms with Gasteiger partial charge in [-0.1, -0.05) is 39.5 Å². The van der Waals surface area contributed by atoms with Crippen LogP contribution in [0.4, 0.5) is 0 Å². The Morgan fingerprint density at radius 1 is 1.33 bits per heavy atom. The molecule has 0 amide bonds. The summed E-state index contributed by atoms with van der Waals surface area (Å²) in [5.74, 6) is 2.02. The Hall–Kier alpha value is -0.0400. The van der Waals surface area contributed by atoms with E-state index in [1.807, 2.05) is 0 Å². The highest BCUT2D eigenvalue weighted by atomic mass is 14.9. The molecule has 0 spiro atoms. The number of hydrogen-bond acceptors (Lipinski definition) is 1. The van der Waals surface area contributed by atoms with Crippen molar-refractivity contribution in [2.45, 2.75) is 46.0 Å². The molecule has 1 rings (SSSR count). The van der Waals surface area contributed by atoms with E-state index in [0.29, 0.717) is 0 Å². The molecule has 0 aliphatic carbocycles. The summed E-state index contributed by atoms with van der Waals surface area (Å²) in [4.78, 5) is 0. The van der Waals surface area contributed by atoms with Crippen LogP contribution in [0.3, 0.4) is 0 Å². The number of nitrogens with one attached hydrogen (secondary N) is 1. The van der Waals surface area contributed by atoms with Crippen molar-refractivity contribution < 1.29 is 0 Å². The van der Waals surface area contributed by atoms with E-state index in [1.165, 1.54) is 45.2 Å². The highest BCUT2D eigenvalue weighted by Gasteiger charge is 2.20. The van der Waals surface area contributed by atoms with Gasteiger partial charge in [-0.2, -0.15) is 0 Å². The van der Waals surface area contributed by atoms with E-state index in [9.17, 15) is 0 Å². The van der Waals surface area contributed by atoms with Gasteiger partial charge < -0.3 is 5.32 Å². The lowest BCUT2D eigenvalue weighted by Crippen LogP contribution is -2.42. The number of unbranched alkanes of at least 4 members (excludes halogenated alkanes) is 1. The van der Waals surface area contributed by atoms with Crippen LogP contribution in [0, 0.1) is 11.8 Å². The Labute approximate surface area is 76.9 Å². The molecule has 1 saturated heterocycles. The molecule has 1 fully saturated rings. The lowest BCUT2D eigenvalue weighted by atomic mass is 9.86. The third kappa shape index (κ3) is 3.14. The van der Waals surface area contributed by atoms with Crippen molar-refractivity contribution in [1.82, 2.24) is 5.32 Å². The highest BCUT2D eigenvalue weighted by molar-refractivity contribution is 4.77. The van der Waals surface area contributed by atoms with Crippen LogP contribution >= 0.6 is 0 Å². The van der Waals surface area contributed by atoms with Crippen LogP contribution in [0.25, 0.3) is 0 Å². The Morgan fingerprint density at radius 3 is 2.50 bits per heavy atom. The summed E-state index contributed by atoms with van der Waals surface area (Å²) in [6.45, 7) is 7.19. The molecule has 1 aliphatic heterocycles. The van der Waals surface area contributed by atoms with E-state index in [1.54, 1.807) is 0 Å². The fraction of sp³-hybridized carbons (Fsp3) is 1.00. The lowest BCUT2D eigenvalue weighted by molar-refractivity contribution is 0.260. The molecule has 1 nitrogen and oxygen atoms in total. The molecule has 0 aromatic rings. The summed E-state index contributed by atoms with van der Waals surface area (Å²) >= 11 is 0. The zero-order valence-electron chi connectivity index (χ0n) is 8.60. The van der Waals surface area contributed by atoms with Crippen LogP contribution in [0.5, 0.6) is 0 Å². The Kier molecular flexibility index (Phi) is 4.67. The van der Waals surface area contributed by atoms with Crippen LogP contribution in [-0.2, 0) is 0 Å². The maximum Gasteiger partial charge on any atom is -0.000815 e. The molecule has 1 heteroatoms. The SMILES string of the molecule is CCCCC(CC)CC1CNC1. The standard InChI is InChI=1S/C11H23N/c1-3-5-6-10(4-2)7-11-8-12-9-11/h10-12H,3-9H2,1-2H3. The van der Waals surface area contributed by atoms with Gasteiger partial charge in [0.15, 0.2) is 0 Å². The fourth-order valence-electron chi connectivity index (χ4n) is 1.97. The summed E-state index contributed by atoms with van der Waals surface area (Å²) < 4.78 is 0. The van der Waals surface area contributed by atoms with Crippen molar-refractivity contribution in [3.8, 4) is 0 Å². The maximum atomic E-state index is 3.35. The Bertz CT molecular complexity index is 108. The second kappa shape index (κ2) is 5.58.